The second-order valence-electron chi connectivity index (χ2n) is 3.57. The first kappa shape index (κ1) is 12.4. The van der Waals surface area contributed by atoms with E-state index in [4.69, 9.17) is 15.7 Å². The van der Waals surface area contributed by atoms with Crippen molar-refractivity contribution in [1.29, 1.82) is 0 Å². The minimum Gasteiger partial charge on any atom is -0.490 e. The SMILES string of the molecule is CCC(CC)Oc1cccc(C(N)=NO)c1. The van der Waals surface area contributed by atoms with Gasteiger partial charge in [0.25, 0.3) is 0 Å². The number of hydrogen-bond donors (Lipinski definition) is 2. The lowest BCUT2D eigenvalue weighted by atomic mass is 10.2. The molecule has 3 N–H and O–H groups in total. The number of rotatable bonds is 5. The van der Waals surface area contributed by atoms with Gasteiger partial charge < -0.3 is 15.7 Å². The van der Waals surface area contributed by atoms with Gasteiger partial charge in [-0.1, -0.05) is 31.1 Å². The van der Waals surface area contributed by atoms with Crippen molar-refractivity contribution in [3.8, 4) is 5.75 Å². The Morgan fingerprint density at radius 2 is 2.12 bits per heavy atom. The summed E-state index contributed by atoms with van der Waals surface area (Å²) in [4.78, 5) is 0. The molecule has 0 saturated heterocycles. The minimum atomic E-state index is 0.0926. The van der Waals surface area contributed by atoms with E-state index < -0.39 is 0 Å². The molecule has 0 aliphatic rings. The summed E-state index contributed by atoms with van der Waals surface area (Å²) in [7, 11) is 0. The van der Waals surface area contributed by atoms with E-state index in [1.165, 1.54) is 0 Å². The molecule has 88 valence electrons. The van der Waals surface area contributed by atoms with Crippen LogP contribution in [0, 0.1) is 0 Å². The molecule has 0 unspecified atom stereocenters. The molecule has 0 aliphatic carbocycles. The van der Waals surface area contributed by atoms with E-state index in [1.807, 2.05) is 12.1 Å². The van der Waals surface area contributed by atoms with E-state index in [9.17, 15) is 0 Å². The molecule has 0 bridgehead atoms. The lowest BCUT2D eigenvalue weighted by Gasteiger charge is -2.15. The standard InChI is InChI=1S/C12H18N2O2/c1-3-10(4-2)16-11-7-5-6-9(8-11)12(13)14-15/h5-8,10,15H,3-4H2,1-2H3,(H2,13,14). The Morgan fingerprint density at radius 1 is 1.44 bits per heavy atom. The van der Waals surface area contributed by atoms with Gasteiger partial charge in [-0.2, -0.15) is 0 Å². The molecular formula is C12H18N2O2. The molecule has 0 radical (unpaired) electrons. The summed E-state index contributed by atoms with van der Waals surface area (Å²) in [6.07, 6.45) is 2.14. The second-order valence-corrected chi connectivity index (χ2v) is 3.57. The van der Waals surface area contributed by atoms with E-state index >= 15 is 0 Å². The Hall–Kier alpha value is -1.71. The van der Waals surface area contributed by atoms with Gasteiger partial charge in [-0.15, -0.1) is 0 Å². The van der Waals surface area contributed by atoms with Crippen LogP contribution in [0.3, 0.4) is 0 Å². The third-order valence-corrected chi connectivity index (χ3v) is 2.45. The van der Waals surface area contributed by atoms with Crippen LogP contribution in [0.25, 0.3) is 0 Å². The Kier molecular flexibility index (Phi) is 4.64. The summed E-state index contributed by atoms with van der Waals surface area (Å²) in [6, 6.07) is 7.24. The van der Waals surface area contributed by atoms with Gasteiger partial charge in [-0.3, -0.25) is 0 Å². The summed E-state index contributed by atoms with van der Waals surface area (Å²) < 4.78 is 5.76. The van der Waals surface area contributed by atoms with Gasteiger partial charge in [-0.25, -0.2) is 0 Å². The normalized spacial score (nSPS) is 11.8. The van der Waals surface area contributed by atoms with Crippen molar-refractivity contribution < 1.29 is 9.94 Å². The first-order valence-electron chi connectivity index (χ1n) is 5.45. The zero-order valence-electron chi connectivity index (χ0n) is 9.68. The molecule has 1 rings (SSSR count). The summed E-state index contributed by atoms with van der Waals surface area (Å²) >= 11 is 0. The zero-order chi connectivity index (χ0) is 12.0. The van der Waals surface area contributed by atoms with Gasteiger partial charge >= 0.3 is 0 Å². The van der Waals surface area contributed by atoms with Crippen LogP contribution in [0.4, 0.5) is 0 Å². The van der Waals surface area contributed by atoms with Crippen molar-refractivity contribution in [2.24, 2.45) is 10.9 Å². The maximum Gasteiger partial charge on any atom is 0.170 e. The molecule has 0 saturated carbocycles. The van der Waals surface area contributed by atoms with Crippen LogP contribution in [0.2, 0.25) is 0 Å². The average molecular weight is 222 g/mol. The van der Waals surface area contributed by atoms with Gasteiger partial charge in [-0.05, 0) is 25.0 Å². The number of oxime groups is 1. The maximum atomic E-state index is 8.58. The highest BCUT2D eigenvalue weighted by Crippen LogP contribution is 2.17. The fraction of sp³-hybridized carbons (Fsp3) is 0.417. The molecule has 4 heteroatoms. The Balaban J connectivity index is 2.82. The van der Waals surface area contributed by atoms with E-state index in [2.05, 4.69) is 19.0 Å². The largest absolute Gasteiger partial charge is 0.490 e. The topological polar surface area (TPSA) is 67.8 Å². The van der Waals surface area contributed by atoms with E-state index in [1.54, 1.807) is 12.1 Å². The molecule has 4 nitrogen and oxygen atoms in total. The lowest BCUT2D eigenvalue weighted by molar-refractivity contribution is 0.193. The summed E-state index contributed by atoms with van der Waals surface area (Å²) in [6.45, 7) is 4.17. The Labute approximate surface area is 95.7 Å². The highest BCUT2D eigenvalue weighted by atomic mass is 16.5. The van der Waals surface area contributed by atoms with Crippen molar-refractivity contribution in [3.05, 3.63) is 29.8 Å². The fourth-order valence-corrected chi connectivity index (χ4v) is 1.43. The first-order chi connectivity index (χ1) is 7.71. The molecular weight excluding hydrogens is 204 g/mol. The third kappa shape index (κ3) is 3.15. The minimum absolute atomic E-state index is 0.0926. The van der Waals surface area contributed by atoms with Crippen molar-refractivity contribution in [2.45, 2.75) is 32.8 Å². The van der Waals surface area contributed by atoms with Gasteiger partial charge in [0, 0.05) is 5.56 Å². The van der Waals surface area contributed by atoms with Crippen LogP contribution in [-0.4, -0.2) is 17.1 Å². The van der Waals surface area contributed by atoms with Crippen molar-refractivity contribution in [1.82, 2.24) is 0 Å². The molecule has 0 amide bonds. The molecule has 0 aromatic heterocycles. The number of amidine groups is 1. The van der Waals surface area contributed by atoms with Crippen molar-refractivity contribution in [2.75, 3.05) is 0 Å². The predicted octanol–water partition coefficient (Wildman–Crippen LogP) is 2.35. The highest BCUT2D eigenvalue weighted by molar-refractivity contribution is 5.97. The number of ether oxygens (including phenoxy) is 1. The quantitative estimate of drug-likeness (QED) is 0.348. The molecule has 0 aliphatic heterocycles. The molecule has 1 aromatic rings. The average Bonchev–Trinajstić information content (AvgIpc) is 2.35. The van der Waals surface area contributed by atoms with Gasteiger partial charge in [0.2, 0.25) is 0 Å². The van der Waals surface area contributed by atoms with Crippen LogP contribution in [0.15, 0.2) is 29.4 Å². The second kappa shape index (κ2) is 6.00. The third-order valence-electron chi connectivity index (χ3n) is 2.45. The number of nitrogens with two attached hydrogens (primary N) is 1. The monoisotopic (exact) mass is 222 g/mol. The Bertz CT molecular complexity index is 360. The number of benzene rings is 1. The molecule has 0 spiro atoms. The van der Waals surface area contributed by atoms with Crippen LogP contribution >= 0.6 is 0 Å². The highest BCUT2D eigenvalue weighted by Gasteiger charge is 2.06. The van der Waals surface area contributed by atoms with Crippen molar-refractivity contribution >= 4 is 5.84 Å². The van der Waals surface area contributed by atoms with Crippen LogP contribution in [0.5, 0.6) is 5.75 Å². The smallest absolute Gasteiger partial charge is 0.170 e. The summed E-state index contributed by atoms with van der Waals surface area (Å²) in [5, 5.41) is 11.5. The molecule has 16 heavy (non-hydrogen) atoms. The van der Waals surface area contributed by atoms with Gasteiger partial charge in [0.15, 0.2) is 5.84 Å². The molecule has 1 aromatic carbocycles. The van der Waals surface area contributed by atoms with Gasteiger partial charge in [0.05, 0.1) is 6.10 Å². The maximum absolute atomic E-state index is 8.58. The van der Waals surface area contributed by atoms with Gasteiger partial charge in [0.1, 0.15) is 5.75 Å². The van der Waals surface area contributed by atoms with Crippen LogP contribution in [0.1, 0.15) is 32.3 Å². The molecule has 0 heterocycles. The van der Waals surface area contributed by atoms with Crippen LogP contribution < -0.4 is 10.5 Å². The number of hydrogen-bond acceptors (Lipinski definition) is 3. The van der Waals surface area contributed by atoms with E-state index in [-0.39, 0.29) is 11.9 Å². The summed E-state index contributed by atoms with van der Waals surface area (Å²) in [5.41, 5.74) is 6.16. The molecule has 0 fully saturated rings. The lowest BCUT2D eigenvalue weighted by Crippen LogP contribution is -2.15. The van der Waals surface area contributed by atoms with Crippen molar-refractivity contribution in [3.63, 3.8) is 0 Å². The molecule has 0 atom stereocenters. The van der Waals surface area contributed by atoms with E-state index in [0.29, 0.717) is 5.56 Å². The van der Waals surface area contributed by atoms with Crippen LogP contribution in [-0.2, 0) is 0 Å². The fourth-order valence-electron chi connectivity index (χ4n) is 1.43. The Morgan fingerprint density at radius 3 is 2.69 bits per heavy atom. The first-order valence-corrected chi connectivity index (χ1v) is 5.45. The number of nitrogens with zero attached hydrogens (tertiary/aromatic N) is 1. The summed E-state index contributed by atoms with van der Waals surface area (Å²) in [5.74, 6) is 0.841. The zero-order valence-corrected chi connectivity index (χ0v) is 9.68. The van der Waals surface area contributed by atoms with E-state index in [0.717, 1.165) is 18.6 Å². The predicted molar refractivity (Wildman–Crippen MR) is 64.0 cm³/mol.